The van der Waals surface area contributed by atoms with Crippen LogP contribution in [0.4, 0.5) is 4.79 Å². The van der Waals surface area contributed by atoms with Crippen molar-refractivity contribution in [2.75, 3.05) is 19.8 Å². The smallest absolute Gasteiger partial charge is 0.433 e. The van der Waals surface area contributed by atoms with Gasteiger partial charge in [0, 0.05) is 5.92 Å². The molecular weight excluding hydrogens is 1160 g/mol. The summed E-state index contributed by atoms with van der Waals surface area (Å²) in [7, 11) is -2.72. The lowest BCUT2D eigenvalue weighted by molar-refractivity contribution is -0.370. The maximum Gasteiger partial charge on any atom is 0.508 e. The van der Waals surface area contributed by atoms with Crippen molar-refractivity contribution in [1.29, 1.82) is 0 Å². The zero-order valence-corrected chi connectivity index (χ0v) is 54.0. The van der Waals surface area contributed by atoms with Crippen LogP contribution in [0.3, 0.4) is 0 Å². The molecule has 0 spiro atoms. The van der Waals surface area contributed by atoms with E-state index in [1.165, 1.54) is 0 Å². The van der Waals surface area contributed by atoms with E-state index in [4.69, 9.17) is 56.5 Å². The Kier molecular flexibility index (Phi) is 22.6. The Balaban J connectivity index is 1.01. The number of ether oxygens (including phenoxy) is 11. The van der Waals surface area contributed by atoms with Crippen molar-refractivity contribution in [1.82, 2.24) is 0 Å². The van der Waals surface area contributed by atoms with Crippen LogP contribution < -0.4 is 0 Å². The molecule has 0 saturated carbocycles. The van der Waals surface area contributed by atoms with Gasteiger partial charge in [0.05, 0.1) is 52.9 Å². The molecule has 14 heteroatoms. The van der Waals surface area contributed by atoms with Crippen molar-refractivity contribution in [3.8, 4) is 11.1 Å². The monoisotopic (exact) mass is 1250 g/mol. The van der Waals surface area contributed by atoms with Crippen molar-refractivity contribution in [2.45, 2.75) is 153 Å². The molecule has 11 rings (SSSR count). The molecule has 1 aliphatic carbocycles. The highest BCUT2D eigenvalue weighted by Gasteiger charge is 2.57. The largest absolute Gasteiger partial charge is 0.508 e. The van der Waals surface area contributed by atoms with Crippen LogP contribution >= 0.6 is 0 Å². The minimum absolute atomic E-state index is 0.00699. The highest BCUT2D eigenvalue weighted by Crippen LogP contribution is 2.48. The van der Waals surface area contributed by atoms with Gasteiger partial charge in [0.1, 0.15) is 49.3 Å². The second kappa shape index (κ2) is 31.4. The predicted octanol–water partition coefficient (Wildman–Crippen LogP) is 15.6. The lowest BCUT2D eigenvalue weighted by Gasteiger charge is -2.52. The highest BCUT2D eigenvalue weighted by molar-refractivity contribution is 6.74. The van der Waals surface area contributed by atoms with Gasteiger partial charge in [-0.2, -0.15) is 0 Å². The van der Waals surface area contributed by atoms with Gasteiger partial charge in [0.25, 0.3) is 0 Å². The topological polar surface area (TPSA) is 128 Å². The third kappa shape index (κ3) is 16.7. The van der Waals surface area contributed by atoms with E-state index in [0.29, 0.717) is 0 Å². The average molecular weight is 1250 g/mol. The molecule has 0 radical (unpaired) electrons. The second-order valence-electron chi connectivity index (χ2n) is 25.1. The number of fused-ring (bicyclic) bond motifs is 3. The maximum atomic E-state index is 15.0. The van der Waals surface area contributed by atoms with Crippen LogP contribution in [-0.4, -0.2) is 95.7 Å². The Morgan fingerprint density at radius 3 is 1.20 bits per heavy atom. The summed E-state index contributed by atoms with van der Waals surface area (Å²) in [6.07, 6.45) is -11.3. The van der Waals surface area contributed by atoms with Crippen molar-refractivity contribution < 1.29 is 61.3 Å². The first-order valence-electron chi connectivity index (χ1n) is 31.9. The Labute approximate surface area is 537 Å². The van der Waals surface area contributed by atoms with Crippen LogP contribution in [0.15, 0.2) is 231 Å². The molecule has 2 fully saturated rings. The lowest BCUT2D eigenvalue weighted by atomic mass is 9.95. The van der Waals surface area contributed by atoms with Gasteiger partial charge in [-0.1, -0.05) is 258 Å². The van der Waals surface area contributed by atoms with Gasteiger partial charge in [-0.05, 0) is 79.7 Å². The van der Waals surface area contributed by atoms with Gasteiger partial charge in [0.2, 0.25) is 0 Å². The van der Waals surface area contributed by atoms with Gasteiger partial charge in [-0.3, -0.25) is 0 Å². The molecule has 2 saturated heterocycles. The number of carbonyl (C=O) groups is 1. The molecule has 13 nitrogen and oxygen atoms in total. The first kappa shape index (κ1) is 65.3. The van der Waals surface area contributed by atoms with Crippen molar-refractivity contribution >= 4 is 14.5 Å². The summed E-state index contributed by atoms with van der Waals surface area (Å²) in [4.78, 5) is 15.0. The summed E-state index contributed by atoms with van der Waals surface area (Å²) in [5.74, 6) is 0.0347. The number of rotatable bonds is 29. The summed E-state index contributed by atoms with van der Waals surface area (Å²) in [5, 5.41) is -0.217. The van der Waals surface area contributed by atoms with E-state index in [0.717, 1.165) is 55.6 Å². The zero-order valence-electron chi connectivity index (χ0n) is 53.0. The molecule has 476 valence electrons. The molecule has 2 heterocycles. The highest BCUT2D eigenvalue weighted by atomic mass is 28.4. The summed E-state index contributed by atoms with van der Waals surface area (Å²) in [5.41, 5.74) is 9.91. The van der Waals surface area contributed by atoms with E-state index in [9.17, 15) is 0 Å². The molecule has 2 aliphatic heterocycles. The van der Waals surface area contributed by atoms with E-state index >= 15 is 4.79 Å². The molecule has 0 unspecified atom stereocenters. The third-order valence-corrected chi connectivity index (χ3v) is 22.9. The standard InChI is InChI=1S/C77H86O13Si/c1-54(2)77(3,4)91(5,6)90-75-72(83-49-59-37-21-11-22-38-59)70(82-48-58-35-19-10-20-36-58)69(67(87-75)53-80-46-56-31-15-8-16-32-56)88-74-73(84-50-60-39-23-12-24-40-60)71(89-76(78)85-51-65-63-43-27-25-41-61(63)62-42-26-28-44-64(62)65)68(81-47-57-33-17-9-18-34-57)66(86-74)52-79-45-55-29-13-7-14-30-55/h7-44,54,65-75H,45-53H2,1-6H3/t66-,67-,68+,69-,70+,71+,72-,73-,74+,75+/m1/s1. The Bertz CT molecular complexity index is 3430. The molecule has 10 atom stereocenters. The summed E-state index contributed by atoms with van der Waals surface area (Å²) < 4.78 is 85.2. The van der Waals surface area contributed by atoms with Crippen LogP contribution in [0, 0.1) is 5.92 Å². The fourth-order valence-electron chi connectivity index (χ4n) is 12.1. The Hall–Kier alpha value is -7.15. The summed E-state index contributed by atoms with van der Waals surface area (Å²) in [6, 6.07) is 76.1. The maximum absolute atomic E-state index is 15.0. The van der Waals surface area contributed by atoms with E-state index in [1.807, 2.05) is 206 Å². The van der Waals surface area contributed by atoms with Crippen molar-refractivity contribution in [2.24, 2.45) is 5.92 Å². The molecule has 0 amide bonds. The Morgan fingerprint density at radius 2 is 0.769 bits per heavy atom. The zero-order chi connectivity index (χ0) is 63.0. The number of hydrogen-bond acceptors (Lipinski definition) is 13. The molecule has 8 aromatic rings. The Morgan fingerprint density at radius 1 is 0.418 bits per heavy atom. The van der Waals surface area contributed by atoms with E-state index in [2.05, 4.69) is 65.1 Å². The van der Waals surface area contributed by atoms with E-state index in [-0.39, 0.29) is 76.3 Å². The predicted molar refractivity (Wildman–Crippen MR) is 352 cm³/mol. The molecule has 0 aromatic heterocycles. The molecule has 91 heavy (non-hydrogen) atoms. The fraction of sp³-hybridized carbons (Fsp3) is 0.364. The number of hydrogen-bond donors (Lipinski definition) is 0. The van der Waals surface area contributed by atoms with Crippen molar-refractivity contribution in [3.63, 3.8) is 0 Å². The molecule has 0 N–H and O–H groups in total. The average Bonchev–Trinajstić information content (AvgIpc) is 1.80. The molecular formula is C77H86O13Si. The van der Waals surface area contributed by atoms with Crippen LogP contribution in [0.25, 0.3) is 11.1 Å². The van der Waals surface area contributed by atoms with Crippen LogP contribution in [0.1, 0.15) is 78.1 Å². The molecule has 0 bridgehead atoms. The van der Waals surface area contributed by atoms with Gasteiger partial charge >= 0.3 is 6.16 Å². The van der Waals surface area contributed by atoms with Crippen LogP contribution in [0.5, 0.6) is 0 Å². The van der Waals surface area contributed by atoms with Crippen molar-refractivity contribution in [3.05, 3.63) is 275 Å². The molecule has 3 aliphatic rings. The summed E-state index contributed by atoms with van der Waals surface area (Å²) >= 11 is 0. The first-order valence-corrected chi connectivity index (χ1v) is 34.8. The van der Waals surface area contributed by atoms with Gasteiger partial charge in [-0.25, -0.2) is 4.79 Å². The van der Waals surface area contributed by atoms with Crippen LogP contribution in [0.2, 0.25) is 18.1 Å². The first-order chi connectivity index (χ1) is 44.4. The van der Waals surface area contributed by atoms with Crippen LogP contribution in [-0.2, 0) is 96.2 Å². The number of benzene rings is 8. The van der Waals surface area contributed by atoms with Gasteiger partial charge in [-0.15, -0.1) is 0 Å². The van der Waals surface area contributed by atoms with E-state index in [1.54, 1.807) is 0 Å². The normalized spacial score (nSPS) is 22.5. The number of carbonyl (C=O) groups excluding carboxylic acids is 1. The lowest BCUT2D eigenvalue weighted by Crippen LogP contribution is -2.67. The summed E-state index contributed by atoms with van der Waals surface area (Å²) in [6.45, 7) is 14.7. The second-order valence-corrected chi connectivity index (χ2v) is 29.7. The molecule has 8 aromatic carbocycles. The fourth-order valence-corrected chi connectivity index (χ4v) is 14.6. The van der Waals surface area contributed by atoms with Gasteiger partial charge < -0.3 is 56.5 Å². The SMILES string of the molecule is CC(C)C(C)(C)[Si](C)(C)O[C@@H]1O[C@H](COCc2ccccc2)[C@@H](O[C@@H]2O[C@H](COCc3ccccc3)[C@H](OCc3ccccc3)[C@H](OC(=O)OCC3c4ccccc4-c4ccccc43)[C@H]2OCc2ccccc2)[C@H](OCc2ccccc2)[C@H]1OCc1ccccc1. The van der Waals surface area contributed by atoms with E-state index < -0.39 is 75.9 Å². The third-order valence-electron chi connectivity index (χ3n) is 18.4. The quantitative estimate of drug-likeness (QED) is 0.0326. The minimum Gasteiger partial charge on any atom is -0.433 e. The van der Waals surface area contributed by atoms with Gasteiger partial charge in [0.15, 0.2) is 27.0 Å². The minimum atomic E-state index is -2.72.